The predicted octanol–water partition coefficient (Wildman–Crippen LogP) is 2.12. The Balaban J connectivity index is 2.51. The number of amides is 2. The van der Waals surface area contributed by atoms with Gasteiger partial charge in [0.05, 0.1) is 0 Å². The molecular weight excluding hydrogens is 252 g/mol. The number of hydrogen-bond acceptors (Lipinski definition) is 2. The summed E-state index contributed by atoms with van der Waals surface area (Å²) in [6.07, 6.45) is 0. The van der Waals surface area contributed by atoms with Gasteiger partial charge in [0.25, 0.3) is 0 Å². The minimum absolute atomic E-state index is 0.0174. The number of carbonyl (C=O) groups is 2. The van der Waals surface area contributed by atoms with E-state index in [1.807, 2.05) is 45.0 Å². The second-order valence-corrected chi connectivity index (χ2v) is 5.37. The molecular formula is C16H24N2O2. The average Bonchev–Trinajstić information content (AvgIpc) is 2.39. The maximum Gasteiger partial charge on any atom is 0.222 e. The van der Waals surface area contributed by atoms with Crippen molar-refractivity contribution in [2.24, 2.45) is 5.92 Å². The van der Waals surface area contributed by atoms with Crippen molar-refractivity contribution in [3.63, 3.8) is 0 Å². The maximum atomic E-state index is 11.6. The van der Waals surface area contributed by atoms with Gasteiger partial charge in [0.1, 0.15) is 0 Å². The molecule has 0 bridgehead atoms. The Labute approximate surface area is 121 Å². The van der Waals surface area contributed by atoms with Gasteiger partial charge in [0, 0.05) is 32.5 Å². The molecule has 1 aromatic rings. The molecule has 0 aliphatic heterocycles. The zero-order valence-corrected chi connectivity index (χ0v) is 12.8. The summed E-state index contributed by atoms with van der Waals surface area (Å²) in [6, 6.07) is 8.12. The molecule has 4 nitrogen and oxygen atoms in total. The standard InChI is InChI=1S/C16H24N2O2/c1-12(2)16(20)17-9-10-18(14(4)19)11-15-7-5-13(3)6-8-15/h5-8,12H,9-11H2,1-4H3,(H,17,20). The van der Waals surface area contributed by atoms with Crippen molar-refractivity contribution >= 4 is 11.8 Å². The molecule has 0 saturated heterocycles. The van der Waals surface area contributed by atoms with Crippen LogP contribution in [0.15, 0.2) is 24.3 Å². The van der Waals surface area contributed by atoms with E-state index in [1.54, 1.807) is 11.8 Å². The molecule has 0 saturated carbocycles. The van der Waals surface area contributed by atoms with Crippen molar-refractivity contribution in [2.75, 3.05) is 13.1 Å². The van der Waals surface area contributed by atoms with Gasteiger partial charge in [-0.15, -0.1) is 0 Å². The van der Waals surface area contributed by atoms with E-state index in [-0.39, 0.29) is 17.7 Å². The van der Waals surface area contributed by atoms with Gasteiger partial charge >= 0.3 is 0 Å². The van der Waals surface area contributed by atoms with Crippen LogP contribution in [0.25, 0.3) is 0 Å². The fourth-order valence-electron chi connectivity index (χ4n) is 1.78. The van der Waals surface area contributed by atoms with Crippen LogP contribution in [0.3, 0.4) is 0 Å². The number of nitrogens with one attached hydrogen (secondary N) is 1. The molecule has 0 atom stereocenters. The molecule has 1 aromatic carbocycles. The van der Waals surface area contributed by atoms with E-state index in [2.05, 4.69) is 5.32 Å². The van der Waals surface area contributed by atoms with Gasteiger partial charge in [-0.1, -0.05) is 43.7 Å². The van der Waals surface area contributed by atoms with Crippen LogP contribution in [0.5, 0.6) is 0 Å². The highest BCUT2D eigenvalue weighted by Crippen LogP contribution is 2.07. The van der Waals surface area contributed by atoms with Gasteiger partial charge in [0.15, 0.2) is 0 Å². The molecule has 0 aliphatic rings. The highest BCUT2D eigenvalue weighted by molar-refractivity contribution is 5.78. The first-order valence-electron chi connectivity index (χ1n) is 6.99. The lowest BCUT2D eigenvalue weighted by molar-refractivity contribution is -0.130. The third kappa shape index (κ3) is 5.43. The van der Waals surface area contributed by atoms with Crippen LogP contribution < -0.4 is 5.32 Å². The molecule has 110 valence electrons. The van der Waals surface area contributed by atoms with Crippen molar-refractivity contribution < 1.29 is 9.59 Å². The number of rotatable bonds is 6. The second kappa shape index (κ2) is 7.68. The summed E-state index contributed by atoms with van der Waals surface area (Å²) in [7, 11) is 0. The molecule has 0 unspecified atom stereocenters. The zero-order chi connectivity index (χ0) is 15.1. The van der Waals surface area contributed by atoms with Crippen molar-refractivity contribution in [1.29, 1.82) is 0 Å². The first-order valence-corrected chi connectivity index (χ1v) is 6.99. The van der Waals surface area contributed by atoms with Crippen LogP contribution in [-0.4, -0.2) is 29.8 Å². The Morgan fingerprint density at radius 1 is 1.20 bits per heavy atom. The lowest BCUT2D eigenvalue weighted by atomic mass is 10.1. The minimum atomic E-state index is -0.0297. The van der Waals surface area contributed by atoms with Gasteiger partial charge in [0.2, 0.25) is 11.8 Å². The summed E-state index contributed by atoms with van der Waals surface area (Å²) in [5, 5.41) is 2.83. The lowest BCUT2D eigenvalue weighted by Gasteiger charge is -2.21. The van der Waals surface area contributed by atoms with Crippen LogP contribution in [-0.2, 0) is 16.1 Å². The molecule has 0 aliphatic carbocycles. The minimum Gasteiger partial charge on any atom is -0.354 e. The van der Waals surface area contributed by atoms with Crippen molar-refractivity contribution in [2.45, 2.75) is 34.2 Å². The van der Waals surface area contributed by atoms with Crippen molar-refractivity contribution in [3.8, 4) is 0 Å². The van der Waals surface area contributed by atoms with Crippen LogP contribution in [0.2, 0.25) is 0 Å². The number of aryl methyl sites for hydroxylation is 1. The summed E-state index contributed by atoms with van der Waals surface area (Å²) in [5.74, 6) is 0.00563. The topological polar surface area (TPSA) is 49.4 Å². The van der Waals surface area contributed by atoms with E-state index in [4.69, 9.17) is 0 Å². The lowest BCUT2D eigenvalue weighted by Crippen LogP contribution is -2.38. The number of carbonyl (C=O) groups excluding carboxylic acids is 2. The fourth-order valence-corrected chi connectivity index (χ4v) is 1.78. The smallest absolute Gasteiger partial charge is 0.222 e. The summed E-state index contributed by atoms with van der Waals surface area (Å²) in [6.45, 7) is 8.89. The Hall–Kier alpha value is -1.84. The Morgan fingerprint density at radius 3 is 2.30 bits per heavy atom. The van der Waals surface area contributed by atoms with Crippen LogP contribution in [0.1, 0.15) is 31.9 Å². The maximum absolute atomic E-state index is 11.6. The monoisotopic (exact) mass is 276 g/mol. The number of hydrogen-bond donors (Lipinski definition) is 1. The Bertz CT molecular complexity index is 452. The molecule has 1 N–H and O–H groups in total. The molecule has 1 rings (SSSR count). The summed E-state index contributed by atoms with van der Waals surface area (Å²) >= 11 is 0. The molecule has 0 fully saturated rings. The zero-order valence-electron chi connectivity index (χ0n) is 12.8. The van der Waals surface area contributed by atoms with E-state index in [0.29, 0.717) is 19.6 Å². The molecule has 20 heavy (non-hydrogen) atoms. The first kappa shape index (κ1) is 16.2. The molecule has 0 aromatic heterocycles. The fraction of sp³-hybridized carbons (Fsp3) is 0.500. The average molecular weight is 276 g/mol. The third-order valence-electron chi connectivity index (χ3n) is 3.14. The van der Waals surface area contributed by atoms with Gasteiger partial charge in [-0.25, -0.2) is 0 Å². The van der Waals surface area contributed by atoms with Crippen molar-refractivity contribution in [1.82, 2.24) is 10.2 Å². The number of benzene rings is 1. The normalized spacial score (nSPS) is 10.4. The quantitative estimate of drug-likeness (QED) is 0.865. The molecule has 2 amide bonds. The van der Waals surface area contributed by atoms with Gasteiger partial charge in [-0.05, 0) is 12.5 Å². The molecule has 0 heterocycles. The van der Waals surface area contributed by atoms with E-state index < -0.39 is 0 Å². The highest BCUT2D eigenvalue weighted by atomic mass is 16.2. The van der Waals surface area contributed by atoms with Crippen LogP contribution in [0, 0.1) is 12.8 Å². The largest absolute Gasteiger partial charge is 0.354 e. The molecule has 4 heteroatoms. The van der Waals surface area contributed by atoms with E-state index in [0.717, 1.165) is 5.56 Å². The first-order chi connectivity index (χ1) is 9.40. The van der Waals surface area contributed by atoms with Gasteiger partial charge in [-0.3, -0.25) is 9.59 Å². The number of nitrogens with zero attached hydrogens (tertiary/aromatic N) is 1. The second-order valence-electron chi connectivity index (χ2n) is 5.37. The van der Waals surface area contributed by atoms with E-state index in [1.165, 1.54) is 5.56 Å². The van der Waals surface area contributed by atoms with Gasteiger partial charge < -0.3 is 10.2 Å². The summed E-state index contributed by atoms with van der Waals surface area (Å²) in [5.41, 5.74) is 2.30. The summed E-state index contributed by atoms with van der Waals surface area (Å²) < 4.78 is 0. The molecule has 0 radical (unpaired) electrons. The SMILES string of the molecule is CC(=O)N(CCNC(=O)C(C)C)Cc1ccc(C)cc1. The Kier molecular flexibility index (Phi) is 6.22. The molecule has 0 spiro atoms. The third-order valence-corrected chi connectivity index (χ3v) is 3.14. The van der Waals surface area contributed by atoms with E-state index in [9.17, 15) is 9.59 Å². The van der Waals surface area contributed by atoms with Crippen LogP contribution in [0.4, 0.5) is 0 Å². The highest BCUT2D eigenvalue weighted by Gasteiger charge is 2.11. The Morgan fingerprint density at radius 2 is 1.80 bits per heavy atom. The predicted molar refractivity (Wildman–Crippen MR) is 80.1 cm³/mol. The van der Waals surface area contributed by atoms with Crippen molar-refractivity contribution in [3.05, 3.63) is 35.4 Å². The summed E-state index contributed by atoms with van der Waals surface area (Å²) in [4.78, 5) is 24.9. The van der Waals surface area contributed by atoms with Gasteiger partial charge in [-0.2, -0.15) is 0 Å². The van der Waals surface area contributed by atoms with Crippen LogP contribution >= 0.6 is 0 Å². The van der Waals surface area contributed by atoms with E-state index >= 15 is 0 Å².